The van der Waals surface area contributed by atoms with Crippen molar-refractivity contribution in [3.8, 4) is 58.2 Å². The van der Waals surface area contributed by atoms with E-state index in [2.05, 4.69) is 30.5 Å². The van der Waals surface area contributed by atoms with Crippen LogP contribution in [-0.2, 0) is 24.6 Å². The maximum absolute atomic E-state index is 15.4. The zero-order valence-electron chi connectivity index (χ0n) is 35.8. The maximum Gasteiger partial charge on any atom is 0.355 e. The molecule has 340 valence electrons. The Labute approximate surface area is 400 Å². The van der Waals surface area contributed by atoms with Crippen LogP contribution in [-0.4, -0.2) is 47.7 Å². The molecule has 4 aromatic heterocycles. The summed E-state index contributed by atoms with van der Waals surface area (Å²) in [6.45, 7) is 7.32. The average Bonchev–Trinajstić information content (AvgIpc) is 4.09. The number of benzene rings is 4. The highest BCUT2D eigenvalue weighted by molar-refractivity contribution is 6.32. The Bertz CT molecular complexity index is 3260. The lowest BCUT2D eigenvalue weighted by molar-refractivity contribution is 0.0519. The summed E-state index contributed by atoms with van der Waals surface area (Å²) in [6.07, 6.45) is -0.0131. The third-order valence-electron chi connectivity index (χ3n) is 9.67. The first-order chi connectivity index (χ1) is 32.0. The van der Waals surface area contributed by atoms with E-state index >= 15 is 8.78 Å². The van der Waals surface area contributed by atoms with Crippen LogP contribution in [0.2, 0.25) is 20.1 Å². The first-order valence-corrected chi connectivity index (χ1v) is 21.3. The maximum atomic E-state index is 15.4. The first kappa shape index (κ1) is 47.7. The number of nitrogens with zero attached hydrogens (tertiary/aromatic N) is 8. The topological polar surface area (TPSA) is 204 Å². The summed E-state index contributed by atoms with van der Waals surface area (Å²) in [6, 6.07) is 20.4. The largest absolute Gasteiger partial charge is 0.461 e. The Hall–Kier alpha value is -7.28. The van der Waals surface area contributed by atoms with Gasteiger partial charge in [0.2, 0.25) is 17.7 Å². The summed E-state index contributed by atoms with van der Waals surface area (Å²) in [5.41, 5.74) is 4.57. The average molecular weight is 988 g/mol. The number of ether oxygens (including phenoxy) is 3. The van der Waals surface area contributed by atoms with E-state index in [1.807, 2.05) is 25.1 Å². The van der Waals surface area contributed by atoms with Gasteiger partial charge in [0.25, 0.3) is 5.89 Å². The number of aryl methyl sites for hydroxylation is 3. The Morgan fingerprint density at radius 3 is 1.73 bits per heavy atom. The van der Waals surface area contributed by atoms with Crippen molar-refractivity contribution in [1.29, 1.82) is 10.5 Å². The standard InChI is InChI=1S/C25H19Cl2FN4O4.C21H14Cl2FN5O2/c1-4-34-25(33)22-12(2)20(13(3)30-22)24-32-31-19(36-24)9-15-5-6-18(27)23(21(15)28)35-17-8-14(11-29)7-16(26)10-17;1-11-5-17(29(2)28-11)21-27-26-18(31-21)8-13-3-4-16(23)20(19(13)24)30-15-7-12(10-25)6-14(22)9-15/h5-8,10,30H,4,9H2,1-3H3;3-7,9H,8H2,1-2H3. The molecule has 0 saturated heterocycles. The first-order valence-electron chi connectivity index (χ1n) is 19.8. The Kier molecular flexibility index (Phi) is 14.6. The predicted octanol–water partition coefficient (Wildman–Crippen LogP) is 12.0. The zero-order valence-corrected chi connectivity index (χ0v) is 38.8. The summed E-state index contributed by atoms with van der Waals surface area (Å²) in [4.78, 5) is 15.2. The van der Waals surface area contributed by atoms with Crippen LogP contribution in [0.1, 0.15) is 68.4 Å². The SMILES string of the molecule is CCOC(=O)c1[nH]c(C)c(-c2nnc(Cc3ccc(Cl)c(Oc4cc(Cl)cc(C#N)c4)c3F)o2)c1C.Cc1cc(-c2nnc(Cc3ccc(Cl)c(Oc4cc(Cl)cc(C#N)c4)c3F)o2)n(C)n1. The van der Waals surface area contributed by atoms with Crippen molar-refractivity contribution in [3.05, 3.63) is 155 Å². The third kappa shape index (κ3) is 10.9. The minimum absolute atomic E-state index is 0.0299. The number of halogens is 6. The van der Waals surface area contributed by atoms with Gasteiger partial charge in [-0.15, -0.1) is 20.4 Å². The lowest BCUT2D eigenvalue weighted by Crippen LogP contribution is -2.06. The van der Waals surface area contributed by atoms with Gasteiger partial charge in [-0.3, -0.25) is 4.68 Å². The van der Waals surface area contributed by atoms with Crippen LogP contribution < -0.4 is 9.47 Å². The van der Waals surface area contributed by atoms with Gasteiger partial charge in [0, 0.05) is 33.9 Å². The summed E-state index contributed by atoms with van der Waals surface area (Å²) >= 11 is 24.3. The second-order valence-corrected chi connectivity index (χ2v) is 16.2. The lowest BCUT2D eigenvalue weighted by Gasteiger charge is -2.11. The molecule has 1 N–H and O–H groups in total. The van der Waals surface area contributed by atoms with E-state index in [9.17, 15) is 4.79 Å². The molecule has 0 fully saturated rings. The number of nitriles is 2. The summed E-state index contributed by atoms with van der Waals surface area (Å²) in [5.74, 6) is -1.12. The van der Waals surface area contributed by atoms with Gasteiger partial charge in [0.15, 0.2) is 23.1 Å². The van der Waals surface area contributed by atoms with Crippen molar-refractivity contribution in [1.82, 2.24) is 35.2 Å². The molecular weight excluding hydrogens is 954 g/mol. The van der Waals surface area contributed by atoms with Gasteiger partial charge in [0.1, 0.15) is 22.9 Å². The van der Waals surface area contributed by atoms with Gasteiger partial charge < -0.3 is 28.0 Å². The number of hydrogen-bond acceptors (Lipinski definition) is 13. The van der Waals surface area contributed by atoms with Crippen LogP contribution in [0, 0.1) is 55.1 Å². The van der Waals surface area contributed by atoms with E-state index in [4.69, 9.17) is 80.0 Å². The van der Waals surface area contributed by atoms with E-state index in [0.717, 1.165) is 5.69 Å². The number of aromatic nitrogens is 7. The fraction of sp³-hybridized carbons (Fsp3) is 0.174. The molecule has 0 unspecified atom stereocenters. The van der Waals surface area contributed by atoms with Crippen LogP contribution in [0.5, 0.6) is 23.0 Å². The second-order valence-electron chi connectivity index (χ2n) is 14.5. The molecule has 4 aromatic carbocycles. The predicted molar refractivity (Wildman–Crippen MR) is 242 cm³/mol. The molecule has 0 aliphatic rings. The van der Waals surface area contributed by atoms with Gasteiger partial charge >= 0.3 is 5.97 Å². The molecule has 8 aromatic rings. The van der Waals surface area contributed by atoms with Crippen molar-refractivity contribution >= 4 is 52.4 Å². The quantitative estimate of drug-likeness (QED) is 0.113. The van der Waals surface area contributed by atoms with Crippen LogP contribution in [0.4, 0.5) is 8.78 Å². The monoisotopic (exact) mass is 985 g/mol. The number of aromatic amines is 1. The van der Waals surface area contributed by atoms with Crippen LogP contribution >= 0.6 is 46.4 Å². The molecular formula is C46H33Cl4F2N9O6. The van der Waals surface area contributed by atoms with Crippen molar-refractivity contribution in [2.45, 2.75) is 40.5 Å². The molecule has 0 aliphatic heterocycles. The van der Waals surface area contributed by atoms with Crippen LogP contribution in [0.15, 0.2) is 75.6 Å². The normalized spacial score (nSPS) is 10.8. The number of carbonyl (C=O) groups excluding carboxylic acids is 1. The summed E-state index contributed by atoms with van der Waals surface area (Å²) in [7, 11) is 1.77. The highest BCUT2D eigenvalue weighted by Crippen LogP contribution is 2.38. The van der Waals surface area contributed by atoms with E-state index in [1.54, 1.807) is 32.5 Å². The molecule has 0 amide bonds. The fourth-order valence-corrected chi connectivity index (χ4v) is 7.50. The van der Waals surface area contributed by atoms with Crippen molar-refractivity contribution in [2.24, 2.45) is 7.05 Å². The smallest absolute Gasteiger partial charge is 0.355 e. The van der Waals surface area contributed by atoms with Gasteiger partial charge in [-0.05, 0) is 87.9 Å². The van der Waals surface area contributed by atoms with E-state index in [-0.39, 0.29) is 108 Å². The second kappa shape index (κ2) is 20.5. The number of hydrogen-bond donors (Lipinski definition) is 1. The number of carbonyl (C=O) groups is 1. The number of H-pyrrole nitrogens is 1. The Morgan fingerprint density at radius 1 is 0.746 bits per heavy atom. The van der Waals surface area contributed by atoms with Gasteiger partial charge in [-0.1, -0.05) is 58.5 Å². The third-order valence-corrected chi connectivity index (χ3v) is 10.7. The number of esters is 1. The fourth-order valence-electron chi connectivity index (χ4n) is 6.68. The molecule has 0 aliphatic carbocycles. The van der Waals surface area contributed by atoms with E-state index < -0.39 is 17.6 Å². The van der Waals surface area contributed by atoms with E-state index in [0.29, 0.717) is 28.2 Å². The van der Waals surface area contributed by atoms with Crippen molar-refractivity contribution < 1.29 is 36.6 Å². The minimum Gasteiger partial charge on any atom is -0.461 e. The summed E-state index contributed by atoms with van der Waals surface area (Å²) in [5, 5.41) is 39.2. The molecule has 0 radical (unpaired) electrons. The number of nitrogens with one attached hydrogen (secondary N) is 1. The molecule has 21 heteroatoms. The molecule has 67 heavy (non-hydrogen) atoms. The molecule has 15 nitrogen and oxygen atoms in total. The van der Waals surface area contributed by atoms with E-state index in [1.165, 1.54) is 60.7 Å². The Morgan fingerprint density at radius 2 is 1.25 bits per heavy atom. The highest BCUT2D eigenvalue weighted by Gasteiger charge is 2.25. The highest BCUT2D eigenvalue weighted by atomic mass is 35.5. The van der Waals surface area contributed by atoms with Gasteiger partial charge in [-0.25, -0.2) is 13.6 Å². The van der Waals surface area contributed by atoms with Gasteiger partial charge in [-0.2, -0.15) is 15.6 Å². The van der Waals surface area contributed by atoms with Gasteiger partial charge in [0.05, 0.1) is 64.0 Å². The molecule has 8 rings (SSSR count). The van der Waals surface area contributed by atoms with Crippen LogP contribution in [0.3, 0.4) is 0 Å². The molecule has 0 atom stereocenters. The molecule has 0 spiro atoms. The number of rotatable bonds is 12. The summed E-state index contributed by atoms with van der Waals surface area (Å²) < 4.78 is 59.9. The van der Waals surface area contributed by atoms with Crippen molar-refractivity contribution in [3.63, 3.8) is 0 Å². The molecule has 0 bridgehead atoms. The lowest BCUT2D eigenvalue weighted by atomic mass is 10.1. The molecule has 0 saturated carbocycles. The molecule has 4 heterocycles. The van der Waals surface area contributed by atoms with Crippen LogP contribution in [0.25, 0.3) is 23.0 Å². The minimum atomic E-state index is -0.723. The Balaban J connectivity index is 0.000000201. The van der Waals surface area contributed by atoms with Crippen molar-refractivity contribution in [2.75, 3.05) is 6.61 Å². The zero-order chi connectivity index (χ0) is 48.1.